The van der Waals surface area contributed by atoms with Gasteiger partial charge < -0.3 is 31.9 Å². The molecule has 0 aliphatic heterocycles. The summed E-state index contributed by atoms with van der Waals surface area (Å²) < 4.78 is 0. The largest absolute Gasteiger partial charge is 0.508 e. The number of hydrogen-bond acceptors (Lipinski definition) is 7. The molecular formula is C20H30N4O6S. The topological polar surface area (TPSA) is 171 Å². The third kappa shape index (κ3) is 8.46. The Kier molecular flexibility index (Phi) is 10.3. The monoisotopic (exact) mass is 454 g/mol. The number of nitrogens with two attached hydrogens (primary N) is 1. The molecule has 0 saturated heterocycles. The highest BCUT2D eigenvalue weighted by molar-refractivity contribution is 7.80. The second-order valence-corrected chi connectivity index (χ2v) is 7.90. The van der Waals surface area contributed by atoms with Gasteiger partial charge in [-0.1, -0.05) is 26.0 Å². The zero-order valence-corrected chi connectivity index (χ0v) is 18.6. The molecule has 0 aliphatic rings. The maximum Gasteiger partial charge on any atom is 0.327 e. The van der Waals surface area contributed by atoms with Crippen molar-refractivity contribution in [3.8, 4) is 5.75 Å². The number of phenols is 1. The highest BCUT2D eigenvalue weighted by Crippen LogP contribution is 2.12. The number of thiol groups is 1. The van der Waals surface area contributed by atoms with Crippen molar-refractivity contribution in [2.45, 2.75) is 51.4 Å². The van der Waals surface area contributed by atoms with Crippen LogP contribution in [-0.2, 0) is 25.6 Å². The molecule has 0 fully saturated rings. The Morgan fingerprint density at radius 1 is 0.935 bits per heavy atom. The Hall–Kier alpha value is -2.79. The third-order valence-corrected chi connectivity index (χ3v) is 4.83. The lowest BCUT2D eigenvalue weighted by atomic mass is 10.0. The van der Waals surface area contributed by atoms with Gasteiger partial charge in [0.15, 0.2) is 0 Å². The predicted octanol–water partition coefficient (Wildman–Crippen LogP) is -0.593. The van der Waals surface area contributed by atoms with Gasteiger partial charge in [-0.3, -0.25) is 14.4 Å². The second kappa shape index (κ2) is 12.2. The lowest BCUT2D eigenvalue weighted by Crippen LogP contribution is -2.58. The van der Waals surface area contributed by atoms with E-state index in [-0.39, 0.29) is 23.8 Å². The normalized spacial score (nSPS) is 14.8. The highest BCUT2D eigenvalue weighted by atomic mass is 32.1. The molecule has 0 bridgehead atoms. The maximum atomic E-state index is 12.9. The van der Waals surface area contributed by atoms with E-state index in [4.69, 9.17) is 5.73 Å². The van der Waals surface area contributed by atoms with Gasteiger partial charge in [-0.15, -0.1) is 0 Å². The van der Waals surface area contributed by atoms with E-state index in [2.05, 4.69) is 28.6 Å². The number of carbonyl (C=O) groups excluding carboxylic acids is 3. The maximum absolute atomic E-state index is 12.9. The molecular weight excluding hydrogens is 424 g/mol. The van der Waals surface area contributed by atoms with Gasteiger partial charge in [0.25, 0.3) is 0 Å². The number of carboxylic acid groups (broad SMARTS) is 1. The molecule has 4 atom stereocenters. The van der Waals surface area contributed by atoms with Crippen LogP contribution < -0.4 is 21.7 Å². The van der Waals surface area contributed by atoms with E-state index in [0.717, 1.165) is 0 Å². The molecule has 11 heteroatoms. The van der Waals surface area contributed by atoms with Gasteiger partial charge in [0, 0.05) is 12.2 Å². The van der Waals surface area contributed by atoms with Crippen LogP contribution >= 0.6 is 12.6 Å². The van der Waals surface area contributed by atoms with Crippen LogP contribution in [-0.4, -0.2) is 63.8 Å². The highest BCUT2D eigenvalue weighted by Gasteiger charge is 2.31. The van der Waals surface area contributed by atoms with Gasteiger partial charge in [0.05, 0.1) is 6.04 Å². The summed E-state index contributed by atoms with van der Waals surface area (Å²) in [5, 5.41) is 26.1. The number of carboxylic acids is 1. The second-order valence-electron chi connectivity index (χ2n) is 7.53. The first-order valence-corrected chi connectivity index (χ1v) is 10.4. The summed E-state index contributed by atoms with van der Waals surface area (Å²) in [6, 6.07) is 1.87. The van der Waals surface area contributed by atoms with Crippen LogP contribution in [0.1, 0.15) is 26.3 Å². The van der Waals surface area contributed by atoms with Crippen molar-refractivity contribution in [1.29, 1.82) is 0 Å². The quantitative estimate of drug-likeness (QED) is 0.219. The van der Waals surface area contributed by atoms with Gasteiger partial charge >= 0.3 is 5.97 Å². The molecule has 31 heavy (non-hydrogen) atoms. The SMILES string of the molecule is CC(N)C(=O)NC(C(=O)NC(Cc1ccc(O)cc1)C(=O)NC(CS)C(=O)O)C(C)C. The molecule has 1 aromatic rings. The molecule has 1 aromatic carbocycles. The van der Waals surface area contributed by atoms with Gasteiger partial charge in [-0.25, -0.2) is 4.79 Å². The molecule has 0 aliphatic carbocycles. The van der Waals surface area contributed by atoms with Crippen LogP contribution in [0.4, 0.5) is 0 Å². The average Bonchev–Trinajstić information content (AvgIpc) is 2.69. The Morgan fingerprint density at radius 3 is 1.94 bits per heavy atom. The van der Waals surface area contributed by atoms with Crippen LogP contribution in [0.15, 0.2) is 24.3 Å². The standard InChI is InChI=1S/C20H30N4O6S/c1-10(2)16(24-17(26)11(3)21)19(28)22-14(8-12-4-6-13(25)7-5-12)18(27)23-15(9-31)20(29)30/h4-7,10-11,14-16,25,31H,8-9,21H2,1-3H3,(H,22,28)(H,23,27)(H,24,26)(H,29,30). The lowest BCUT2D eigenvalue weighted by Gasteiger charge is -2.26. The molecule has 0 heterocycles. The number of nitrogens with one attached hydrogen (secondary N) is 3. The van der Waals surface area contributed by atoms with E-state index in [1.165, 1.54) is 19.1 Å². The molecule has 3 amide bonds. The fraction of sp³-hybridized carbons (Fsp3) is 0.500. The van der Waals surface area contributed by atoms with Crippen LogP contribution in [0.5, 0.6) is 5.75 Å². The van der Waals surface area contributed by atoms with Gasteiger partial charge in [-0.2, -0.15) is 12.6 Å². The van der Waals surface area contributed by atoms with Crippen LogP contribution in [0.3, 0.4) is 0 Å². The van der Waals surface area contributed by atoms with E-state index < -0.39 is 47.9 Å². The Balaban J connectivity index is 3.08. The zero-order chi connectivity index (χ0) is 23.7. The first-order chi connectivity index (χ1) is 14.5. The summed E-state index contributed by atoms with van der Waals surface area (Å²) in [5.74, 6) is -3.51. The van der Waals surface area contributed by atoms with Crippen LogP contribution in [0.2, 0.25) is 0 Å². The van der Waals surface area contributed by atoms with Gasteiger partial charge in [0.2, 0.25) is 17.7 Å². The van der Waals surface area contributed by atoms with Crippen molar-refractivity contribution >= 4 is 36.3 Å². The number of hydrogen-bond donors (Lipinski definition) is 7. The molecule has 10 nitrogen and oxygen atoms in total. The zero-order valence-electron chi connectivity index (χ0n) is 17.7. The van der Waals surface area contributed by atoms with E-state index in [1.54, 1.807) is 26.0 Å². The summed E-state index contributed by atoms with van der Waals surface area (Å²) in [6.07, 6.45) is 0.0306. The summed E-state index contributed by atoms with van der Waals surface area (Å²) in [5.41, 5.74) is 6.18. The number of aromatic hydroxyl groups is 1. The number of amides is 3. The Bertz CT molecular complexity index is 784. The number of rotatable bonds is 11. The number of carbonyl (C=O) groups is 4. The third-order valence-electron chi connectivity index (χ3n) is 4.47. The van der Waals surface area contributed by atoms with Crippen molar-refractivity contribution in [1.82, 2.24) is 16.0 Å². The molecule has 0 spiro atoms. The van der Waals surface area contributed by atoms with Gasteiger partial charge in [0.1, 0.15) is 23.9 Å². The summed E-state index contributed by atoms with van der Waals surface area (Å²) in [6.45, 7) is 4.93. The molecule has 0 radical (unpaired) electrons. The fourth-order valence-electron chi connectivity index (χ4n) is 2.62. The molecule has 0 aromatic heterocycles. The van der Waals surface area contributed by atoms with Crippen molar-refractivity contribution < 1.29 is 29.4 Å². The smallest absolute Gasteiger partial charge is 0.327 e. The Morgan fingerprint density at radius 2 is 1.48 bits per heavy atom. The van der Waals surface area contributed by atoms with E-state index in [0.29, 0.717) is 5.56 Å². The van der Waals surface area contributed by atoms with Crippen molar-refractivity contribution in [2.75, 3.05) is 5.75 Å². The first-order valence-electron chi connectivity index (χ1n) is 9.74. The van der Waals surface area contributed by atoms with Crippen molar-refractivity contribution in [2.24, 2.45) is 11.7 Å². The number of phenolic OH excluding ortho intramolecular Hbond substituents is 1. The first kappa shape index (κ1) is 26.2. The van der Waals surface area contributed by atoms with Crippen molar-refractivity contribution in [3.63, 3.8) is 0 Å². The minimum absolute atomic E-state index is 0.0306. The molecule has 0 saturated carbocycles. The number of benzene rings is 1. The number of aliphatic carboxylic acids is 1. The van der Waals surface area contributed by atoms with Crippen LogP contribution in [0, 0.1) is 5.92 Å². The molecule has 1 rings (SSSR count). The Labute approximate surface area is 186 Å². The lowest BCUT2D eigenvalue weighted by molar-refractivity contribution is -0.141. The molecule has 4 unspecified atom stereocenters. The predicted molar refractivity (Wildman–Crippen MR) is 118 cm³/mol. The minimum Gasteiger partial charge on any atom is -0.508 e. The molecule has 7 N–H and O–H groups in total. The van der Waals surface area contributed by atoms with E-state index >= 15 is 0 Å². The minimum atomic E-state index is -1.26. The summed E-state index contributed by atoms with van der Waals surface area (Å²) in [4.78, 5) is 48.9. The van der Waals surface area contributed by atoms with Crippen molar-refractivity contribution in [3.05, 3.63) is 29.8 Å². The average molecular weight is 455 g/mol. The van der Waals surface area contributed by atoms with E-state index in [1.807, 2.05) is 0 Å². The summed E-state index contributed by atoms with van der Waals surface area (Å²) >= 11 is 3.92. The van der Waals surface area contributed by atoms with Gasteiger partial charge in [-0.05, 0) is 30.5 Å². The van der Waals surface area contributed by atoms with Crippen LogP contribution in [0.25, 0.3) is 0 Å². The fourth-order valence-corrected chi connectivity index (χ4v) is 2.86. The van der Waals surface area contributed by atoms with E-state index in [9.17, 15) is 29.4 Å². The molecule has 172 valence electrons. The summed E-state index contributed by atoms with van der Waals surface area (Å²) in [7, 11) is 0.